The van der Waals surface area contributed by atoms with Crippen molar-refractivity contribution in [1.82, 2.24) is 9.80 Å². The fraction of sp³-hybridized carbons (Fsp3) is 0.586. The van der Waals surface area contributed by atoms with Crippen molar-refractivity contribution in [2.75, 3.05) is 26.7 Å². The zero-order valence-electron chi connectivity index (χ0n) is 20.7. The Bertz CT molecular complexity index is 1220. The van der Waals surface area contributed by atoms with Crippen molar-refractivity contribution in [3.05, 3.63) is 57.1 Å². The average molecular weight is 530 g/mol. The van der Waals surface area contributed by atoms with Gasteiger partial charge in [-0.05, 0) is 93.8 Å². The van der Waals surface area contributed by atoms with Crippen LogP contribution < -0.4 is 4.74 Å². The predicted octanol–water partition coefficient (Wildman–Crippen LogP) is 4.81. The molecule has 7 rings (SSSR count). The molecule has 2 unspecified atom stereocenters. The summed E-state index contributed by atoms with van der Waals surface area (Å²) in [6.45, 7) is 2.93. The van der Waals surface area contributed by atoms with Crippen LogP contribution in [-0.4, -0.2) is 70.5 Å². The third kappa shape index (κ3) is 3.26. The van der Waals surface area contributed by atoms with E-state index in [4.69, 9.17) is 27.9 Å². The number of likely N-dealkylation sites (tertiary alicyclic amines) is 1. The second-order valence-corrected chi connectivity index (χ2v) is 12.7. The van der Waals surface area contributed by atoms with Crippen LogP contribution in [0.5, 0.6) is 11.5 Å². The molecule has 3 fully saturated rings. The number of likely N-dealkylation sites (N-methyl/N-ethyl adjacent to an activating group) is 1. The number of aliphatic hydroxyl groups is 1. The lowest BCUT2D eigenvalue weighted by Gasteiger charge is -2.64. The van der Waals surface area contributed by atoms with E-state index >= 15 is 0 Å². The maximum absolute atomic E-state index is 12.6. The second kappa shape index (κ2) is 8.25. The molecule has 2 aliphatic heterocycles. The molecule has 1 saturated heterocycles. The Morgan fingerprint density at radius 2 is 1.94 bits per heavy atom. The first kappa shape index (κ1) is 23.6. The molecule has 0 radical (unpaired) electrons. The molecule has 192 valence electrons. The molecular formula is C29H34Cl2N2O3. The molecule has 2 bridgehead atoms. The molecule has 5 nitrogen and oxygen atoms in total. The zero-order valence-corrected chi connectivity index (χ0v) is 22.2. The summed E-state index contributed by atoms with van der Waals surface area (Å²) in [5, 5.41) is 24.6. The first-order valence-electron chi connectivity index (χ1n) is 13.4. The summed E-state index contributed by atoms with van der Waals surface area (Å²) in [6, 6.07) is 9.97. The first-order valence-corrected chi connectivity index (χ1v) is 14.2. The maximum atomic E-state index is 12.6. The zero-order chi connectivity index (χ0) is 24.8. The number of halogens is 2. The summed E-state index contributed by atoms with van der Waals surface area (Å²) in [6.07, 6.45) is 6.66. The number of phenolic OH excluding ortho intramolecular Hbond substituents is 1. The van der Waals surface area contributed by atoms with E-state index in [0.29, 0.717) is 15.8 Å². The Hall–Kier alpha value is -1.50. The Balaban J connectivity index is 1.22. The van der Waals surface area contributed by atoms with E-state index in [2.05, 4.69) is 22.9 Å². The Kier molecular flexibility index (Phi) is 5.41. The third-order valence-corrected chi connectivity index (χ3v) is 10.8. The van der Waals surface area contributed by atoms with Gasteiger partial charge in [-0.3, -0.25) is 9.80 Å². The molecular weight excluding hydrogens is 495 g/mol. The highest BCUT2D eigenvalue weighted by Gasteiger charge is 2.73. The van der Waals surface area contributed by atoms with Crippen molar-refractivity contribution in [2.45, 2.75) is 74.1 Å². The van der Waals surface area contributed by atoms with Crippen molar-refractivity contribution < 1.29 is 14.9 Å². The molecule has 2 saturated carbocycles. The van der Waals surface area contributed by atoms with Crippen molar-refractivity contribution in [3.63, 3.8) is 0 Å². The number of rotatable bonds is 6. The monoisotopic (exact) mass is 528 g/mol. The van der Waals surface area contributed by atoms with Gasteiger partial charge >= 0.3 is 0 Å². The largest absolute Gasteiger partial charge is 0.504 e. The van der Waals surface area contributed by atoms with Gasteiger partial charge in [-0.1, -0.05) is 35.3 Å². The van der Waals surface area contributed by atoms with Crippen LogP contribution in [0.25, 0.3) is 0 Å². The molecule has 2 N–H and O–H groups in total. The van der Waals surface area contributed by atoms with Crippen LogP contribution in [0.1, 0.15) is 48.8 Å². The standard InChI is InChI=1S/C29H34Cl2N2O3/c1-32(12-9-17-4-6-20(30)21(31)14-17)22-8-10-29(35)24-15-19-5-7-23(34)26-25(19)28(29,27(22)36-26)11-13-33(24)16-18-2-3-18/h4-7,14,18,22,24,27,34-35H,2-3,8-13,15-16H2,1H3/t22?,24-,27?,28+,29-/m1/s1. The van der Waals surface area contributed by atoms with Gasteiger partial charge in [0.1, 0.15) is 6.10 Å². The fourth-order valence-corrected chi connectivity index (χ4v) is 8.39. The van der Waals surface area contributed by atoms with Crippen molar-refractivity contribution >= 4 is 23.2 Å². The van der Waals surface area contributed by atoms with Crippen molar-refractivity contribution in [3.8, 4) is 11.5 Å². The van der Waals surface area contributed by atoms with Crippen LogP contribution in [0.3, 0.4) is 0 Å². The number of hydrogen-bond acceptors (Lipinski definition) is 5. The Morgan fingerprint density at radius 3 is 2.72 bits per heavy atom. The molecule has 7 heteroatoms. The lowest BCUT2D eigenvalue weighted by Crippen LogP contribution is -2.78. The number of ether oxygens (including phenoxy) is 1. The van der Waals surface area contributed by atoms with Gasteiger partial charge < -0.3 is 14.9 Å². The molecule has 36 heavy (non-hydrogen) atoms. The molecule has 2 aromatic carbocycles. The topological polar surface area (TPSA) is 56.2 Å². The summed E-state index contributed by atoms with van der Waals surface area (Å²) in [5.41, 5.74) is 2.20. The Labute approximate surface area is 222 Å². The summed E-state index contributed by atoms with van der Waals surface area (Å²) < 4.78 is 6.72. The number of hydrogen-bond donors (Lipinski definition) is 2. The maximum Gasteiger partial charge on any atom is 0.165 e. The first-order chi connectivity index (χ1) is 17.3. The van der Waals surface area contributed by atoms with Crippen LogP contribution in [0.2, 0.25) is 10.0 Å². The number of phenols is 1. The van der Waals surface area contributed by atoms with Crippen molar-refractivity contribution in [2.24, 2.45) is 5.92 Å². The molecule has 5 aliphatic rings. The average Bonchev–Trinajstić information content (AvgIpc) is 3.60. The van der Waals surface area contributed by atoms with E-state index in [0.717, 1.165) is 68.8 Å². The normalized spacial score (nSPS) is 34.5. The van der Waals surface area contributed by atoms with Crippen LogP contribution >= 0.6 is 23.2 Å². The molecule has 3 aliphatic carbocycles. The van der Waals surface area contributed by atoms with E-state index in [1.165, 1.54) is 18.4 Å². The highest BCUT2D eigenvalue weighted by Crippen LogP contribution is 2.66. The summed E-state index contributed by atoms with van der Waals surface area (Å²) in [4.78, 5) is 4.98. The highest BCUT2D eigenvalue weighted by molar-refractivity contribution is 6.42. The van der Waals surface area contributed by atoms with E-state index in [1.807, 2.05) is 18.2 Å². The molecule has 0 amide bonds. The number of aromatic hydroxyl groups is 1. The Morgan fingerprint density at radius 1 is 1.11 bits per heavy atom. The number of piperidine rings is 1. The minimum atomic E-state index is -0.835. The minimum Gasteiger partial charge on any atom is -0.504 e. The smallest absolute Gasteiger partial charge is 0.165 e. The van der Waals surface area contributed by atoms with Gasteiger partial charge in [0.2, 0.25) is 0 Å². The molecule has 5 atom stereocenters. The van der Waals surface area contributed by atoms with Gasteiger partial charge in [-0.2, -0.15) is 0 Å². The van der Waals surface area contributed by atoms with Crippen LogP contribution in [0.15, 0.2) is 30.3 Å². The summed E-state index contributed by atoms with van der Waals surface area (Å²) in [5.74, 6) is 1.62. The molecule has 2 aromatic rings. The van der Waals surface area contributed by atoms with Crippen LogP contribution in [-0.2, 0) is 18.3 Å². The summed E-state index contributed by atoms with van der Waals surface area (Å²) in [7, 11) is 2.17. The second-order valence-electron chi connectivity index (χ2n) is 11.9. The van der Waals surface area contributed by atoms with E-state index in [9.17, 15) is 10.2 Å². The number of nitrogens with zero attached hydrogens (tertiary/aromatic N) is 2. The molecule has 2 heterocycles. The van der Waals surface area contributed by atoms with Gasteiger partial charge in [0.25, 0.3) is 0 Å². The molecule has 0 aromatic heterocycles. The SMILES string of the molecule is CN(CCc1ccc(Cl)c(Cl)c1)C1CC[C@@]2(O)[C@H]3Cc4ccc(O)c5c4[C@@]2(CCN3CC2CC2)C1O5. The van der Waals surface area contributed by atoms with Crippen LogP contribution in [0, 0.1) is 5.92 Å². The lowest BCUT2D eigenvalue weighted by molar-refractivity contribution is -0.199. The fourth-order valence-electron chi connectivity index (χ4n) is 8.07. The quantitative estimate of drug-likeness (QED) is 0.563. The van der Waals surface area contributed by atoms with Gasteiger partial charge in [-0.25, -0.2) is 0 Å². The van der Waals surface area contributed by atoms with Crippen molar-refractivity contribution in [1.29, 1.82) is 0 Å². The number of benzene rings is 2. The predicted molar refractivity (Wildman–Crippen MR) is 141 cm³/mol. The van der Waals surface area contributed by atoms with Crippen LogP contribution in [0.4, 0.5) is 0 Å². The molecule has 1 spiro atoms. The van der Waals surface area contributed by atoms with Gasteiger partial charge in [0, 0.05) is 30.7 Å². The highest BCUT2D eigenvalue weighted by atomic mass is 35.5. The van der Waals surface area contributed by atoms with Gasteiger partial charge in [0.05, 0.1) is 21.1 Å². The van der Waals surface area contributed by atoms with E-state index in [-0.39, 0.29) is 23.9 Å². The van der Waals surface area contributed by atoms with Gasteiger partial charge in [0.15, 0.2) is 11.5 Å². The third-order valence-electron chi connectivity index (χ3n) is 10.0. The lowest BCUT2D eigenvalue weighted by atomic mass is 9.48. The summed E-state index contributed by atoms with van der Waals surface area (Å²) >= 11 is 12.4. The van der Waals surface area contributed by atoms with E-state index < -0.39 is 11.0 Å². The van der Waals surface area contributed by atoms with Gasteiger partial charge in [-0.15, -0.1) is 0 Å². The van der Waals surface area contributed by atoms with E-state index in [1.54, 1.807) is 6.07 Å². The minimum absolute atomic E-state index is 0.114.